The van der Waals surface area contributed by atoms with Gasteiger partial charge < -0.3 is 4.74 Å². The predicted molar refractivity (Wildman–Crippen MR) is 88.7 cm³/mol. The van der Waals surface area contributed by atoms with E-state index < -0.39 is 0 Å². The number of hydrogen-bond donors (Lipinski definition) is 0. The molecule has 0 amide bonds. The molecule has 0 radical (unpaired) electrons. The van der Waals surface area contributed by atoms with Crippen molar-refractivity contribution < 1.29 is 4.74 Å². The van der Waals surface area contributed by atoms with Gasteiger partial charge in [-0.3, -0.25) is 4.90 Å². The van der Waals surface area contributed by atoms with Crippen LogP contribution in [0.15, 0.2) is 42.0 Å². The van der Waals surface area contributed by atoms with E-state index in [0.717, 1.165) is 25.3 Å². The lowest BCUT2D eigenvalue weighted by molar-refractivity contribution is 0.240. The molecule has 1 heterocycles. The van der Waals surface area contributed by atoms with Gasteiger partial charge in [0.1, 0.15) is 5.75 Å². The Bertz CT molecular complexity index is 462. The van der Waals surface area contributed by atoms with E-state index in [9.17, 15) is 0 Å². The lowest BCUT2D eigenvalue weighted by Crippen LogP contribution is -2.34. The van der Waals surface area contributed by atoms with E-state index in [4.69, 9.17) is 4.74 Å². The second-order valence-electron chi connectivity index (χ2n) is 5.22. The fourth-order valence-electron chi connectivity index (χ4n) is 2.24. The van der Waals surface area contributed by atoms with Gasteiger partial charge in [0.15, 0.2) is 0 Å². The largest absolute Gasteiger partial charge is 0.497 e. The summed E-state index contributed by atoms with van der Waals surface area (Å²) in [7, 11) is 1.69. The second kappa shape index (κ2) is 8.13. The predicted octanol–water partition coefficient (Wildman–Crippen LogP) is 4.17. The number of benzene rings is 1. The highest BCUT2D eigenvalue weighted by molar-refractivity contribution is 5.85. The number of rotatable bonds is 4. The molecule has 0 spiro atoms. The molecular formula is C17H24ClNO. The van der Waals surface area contributed by atoms with E-state index in [1.807, 2.05) is 12.1 Å². The van der Waals surface area contributed by atoms with Crippen LogP contribution in [0, 0.1) is 0 Å². The zero-order valence-corrected chi connectivity index (χ0v) is 13.3. The molecule has 3 heteroatoms. The Morgan fingerprint density at radius 1 is 1.15 bits per heavy atom. The SMILES string of the molecule is COc1ccc(C=CC2=CCN(C(C)C)CC2)cc1.Cl. The molecule has 0 saturated carbocycles. The van der Waals surface area contributed by atoms with Gasteiger partial charge in [-0.2, -0.15) is 0 Å². The van der Waals surface area contributed by atoms with Crippen molar-refractivity contribution in [1.29, 1.82) is 0 Å². The van der Waals surface area contributed by atoms with Gasteiger partial charge in [0.25, 0.3) is 0 Å². The fraction of sp³-hybridized carbons (Fsp3) is 0.412. The first-order chi connectivity index (χ1) is 9.19. The number of hydrogen-bond acceptors (Lipinski definition) is 2. The molecule has 1 aliphatic heterocycles. The van der Waals surface area contributed by atoms with Crippen molar-refractivity contribution >= 4 is 18.5 Å². The van der Waals surface area contributed by atoms with Gasteiger partial charge >= 0.3 is 0 Å². The molecule has 1 aliphatic rings. The van der Waals surface area contributed by atoms with E-state index in [1.54, 1.807) is 7.11 Å². The molecule has 0 aliphatic carbocycles. The number of nitrogens with zero attached hydrogens (tertiary/aromatic N) is 1. The van der Waals surface area contributed by atoms with Crippen molar-refractivity contribution in [3.63, 3.8) is 0 Å². The van der Waals surface area contributed by atoms with Crippen LogP contribution in [-0.4, -0.2) is 31.1 Å². The highest BCUT2D eigenvalue weighted by Gasteiger charge is 2.12. The summed E-state index contributed by atoms with van der Waals surface area (Å²) in [5.74, 6) is 0.904. The van der Waals surface area contributed by atoms with Gasteiger partial charge in [-0.25, -0.2) is 0 Å². The number of methoxy groups -OCH3 is 1. The van der Waals surface area contributed by atoms with Crippen molar-refractivity contribution in [2.45, 2.75) is 26.3 Å². The lowest BCUT2D eigenvalue weighted by atomic mass is 10.1. The van der Waals surface area contributed by atoms with Crippen LogP contribution in [0.4, 0.5) is 0 Å². The summed E-state index contributed by atoms with van der Waals surface area (Å²) in [5.41, 5.74) is 2.65. The highest BCUT2D eigenvalue weighted by Crippen LogP contribution is 2.17. The summed E-state index contributed by atoms with van der Waals surface area (Å²) in [6.45, 7) is 6.74. The van der Waals surface area contributed by atoms with E-state index in [1.165, 1.54) is 11.1 Å². The zero-order valence-electron chi connectivity index (χ0n) is 12.5. The van der Waals surface area contributed by atoms with Crippen molar-refractivity contribution in [2.24, 2.45) is 0 Å². The van der Waals surface area contributed by atoms with E-state index in [2.05, 4.69) is 49.1 Å². The van der Waals surface area contributed by atoms with Crippen LogP contribution in [0.5, 0.6) is 5.75 Å². The first kappa shape index (κ1) is 16.8. The first-order valence-corrected chi connectivity index (χ1v) is 6.94. The minimum atomic E-state index is 0. The Morgan fingerprint density at radius 2 is 1.85 bits per heavy atom. The maximum atomic E-state index is 5.16. The minimum absolute atomic E-state index is 0. The van der Waals surface area contributed by atoms with E-state index in [0.29, 0.717) is 6.04 Å². The Labute approximate surface area is 128 Å². The summed E-state index contributed by atoms with van der Waals surface area (Å²) >= 11 is 0. The number of ether oxygens (including phenoxy) is 1. The van der Waals surface area contributed by atoms with Crippen LogP contribution >= 0.6 is 12.4 Å². The van der Waals surface area contributed by atoms with Crippen LogP contribution in [0.25, 0.3) is 6.08 Å². The third-order valence-corrected chi connectivity index (χ3v) is 3.61. The quantitative estimate of drug-likeness (QED) is 0.826. The molecule has 1 aromatic carbocycles. The summed E-state index contributed by atoms with van der Waals surface area (Å²) in [6.07, 6.45) is 7.89. The van der Waals surface area contributed by atoms with Crippen LogP contribution in [0.2, 0.25) is 0 Å². The summed E-state index contributed by atoms with van der Waals surface area (Å²) in [6, 6.07) is 8.80. The maximum Gasteiger partial charge on any atom is 0.118 e. The normalized spacial score (nSPS) is 16.1. The molecule has 0 unspecified atom stereocenters. The van der Waals surface area contributed by atoms with Gasteiger partial charge in [0, 0.05) is 19.1 Å². The van der Waals surface area contributed by atoms with E-state index >= 15 is 0 Å². The Balaban J connectivity index is 0.00000200. The van der Waals surface area contributed by atoms with Gasteiger partial charge in [0.05, 0.1) is 7.11 Å². The third-order valence-electron chi connectivity index (χ3n) is 3.61. The van der Waals surface area contributed by atoms with Crippen molar-refractivity contribution in [3.05, 3.63) is 47.6 Å². The Kier molecular flexibility index (Phi) is 6.83. The van der Waals surface area contributed by atoms with Crippen molar-refractivity contribution in [3.8, 4) is 5.75 Å². The molecule has 20 heavy (non-hydrogen) atoms. The molecule has 0 fully saturated rings. The second-order valence-corrected chi connectivity index (χ2v) is 5.22. The molecule has 0 saturated heterocycles. The molecule has 0 bridgehead atoms. The first-order valence-electron chi connectivity index (χ1n) is 6.94. The smallest absolute Gasteiger partial charge is 0.118 e. The van der Waals surface area contributed by atoms with Crippen LogP contribution < -0.4 is 4.74 Å². The average Bonchev–Trinajstić information content (AvgIpc) is 2.46. The Hall–Kier alpha value is -1.25. The zero-order chi connectivity index (χ0) is 13.7. The molecular weight excluding hydrogens is 270 g/mol. The molecule has 110 valence electrons. The summed E-state index contributed by atoms with van der Waals surface area (Å²) in [4.78, 5) is 2.49. The van der Waals surface area contributed by atoms with Crippen molar-refractivity contribution in [1.82, 2.24) is 4.90 Å². The maximum absolute atomic E-state index is 5.16. The third kappa shape index (κ3) is 4.69. The minimum Gasteiger partial charge on any atom is -0.497 e. The van der Waals surface area contributed by atoms with Gasteiger partial charge in [-0.15, -0.1) is 12.4 Å². The molecule has 2 rings (SSSR count). The van der Waals surface area contributed by atoms with Crippen LogP contribution in [0.1, 0.15) is 25.8 Å². The number of halogens is 1. The molecule has 0 atom stereocenters. The van der Waals surface area contributed by atoms with Crippen LogP contribution in [0.3, 0.4) is 0 Å². The van der Waals surface area contributed by atoms with Gasteiger partial charge in [0.2, 0.25) is 0 Å². The Morgan fingerprint density at radius 3 is 2.35 bits per heavy atom. The van der Waals surface area contributed by atoms with Gasteiger partial charge in [-0.05, 0) is 43.5 Å². The fourth-order valence-corrected chi connectivity index (χ4v) is 2.24. The number of allylic oxidation sites excluding steroid dienone is 1. The van der Waals surface area contributed by atoms with Crippen LogP contribution in [-0.2, 0) is 0 Å². The molecule has 1 aromatic rings. The lowest BCUT2D eigenvalue weighted by Gasteiger charge is -2.28. The topological polar surface area (TPSA) is 12.5 Å². The highest BCUT2D eigenvalue weighted by atomic mass is 35.5. The molecule has 0 N–H and O–H groups in total. The monoisotopic (exact) mass is 293 g/mol. The molecule has 0 aromatic heterocycles. The standard InChI is InChI=1S/C17H23NO.ClH/c1-14(2)18-12-10-16(11-13-18)5-4-15-6-8-17(19-3)9-7-15;/h4-10,14H,11-13H2,1-3H3;1H. The average molecular weight is 294 g/mol. The molecule has 2 nitrogen and oxygen atoms in total. The van der Waals surface area contributed by atoms with Gasteiger partial charge in [-0.1, -0.05) is 30.4 Å². The summed E-state index contributed by atoms with van der Waals surface area (Å²) in [5, 5.41) is 0. The summed E-state index contributed by atoms with van der Waals surface area (Å²) < 4.78 is 5.16. The van der Waals surface area contributed by atoms with Crippen molar-refractivity contribution in [2.75, 3.05) is 20.2 Å². The van der Waals surface area contributed by atoms with E-state index in [-0.39, 0.29) is 12.4 Å².